The summed E-state index contributed by atoms with van der Waals surface area (Å²) in [6, 6.07) is -0.434. The van der Waals surface area contributed by atoms with Crippen molar-refractivity contribution in [2.75, 3.05) is 13.2 Å². The van der Waals surface area contributed by atoms with Crippen LogP contribution in [0.2, 0.25) is 0 Å². The van der Waals surface area contributed by atoms with Crippen molar-refractivity contribution in [2.24, 2.45) is 5.92 Å². The summed E-state index contributed by atoms with van der Waals surface area (Å²) in [6.45, 7) is 5.84. The predicted molar refractivity (Wildman–Crippen MR) is 59.7 cm³/mol. The number of hydrogen-bond acceptors (Lipinski definition) is 4. The number of carbonyl (C=O) groups is 2. The van der Waals surface area contributed by atoms with Crippen LogP contribution in [-0.2, 0) is 14.3 Å². The van der Waals surface area contributed by atoms with Crippen LogP contribution in [0, 0.1) is 5.92 Å². The van der Waals surface area contributed by atoms with Gasteiger partial charge in [-0.05, 0) is 27.2 Å². The lowest BCUT2D eigenvalue weighted by Crippen LogP contribution is -2.49. The van der Waals surface area contributed by atoms with Gasteiger partial charge in [0.05, 0.1) is 6.61 Å². The molecule has 0 unspecified atom stereocenters. The zero-order valence-corrected chi connectivity index (χ0v) is 10.4. The van der Waals surface area contributed by atoms with Crippen LogP contribution in [-0.4, -0.2) is 42.0 Å². The molecule has 0 aromatic rings. The van der Waals surface area contributed by atoms with E-state index in [4.69, 9.17) is 14.6 Å². The van der Waals surface area contributed by atoms with Gasteiger partial charge in [-0.2, -0.15) is 0 Å². The monoisotopic (exact) mass is 245 g/mol. The molecule has 0 bridgehead atoms. The summed E-state index contributed by atoms with van der Waals surface area (Å²) in [5.74, 6) is -1.68. The van der Waals surface area contributed by atoms with Gasteiger partial charge >= 0.3 is 12.1 Å². The second kappa shape index (κ2) is 5.35. The summed E-state index contributed by atoms with van der Waals surface area (Å²) >= 11 is 0. The fourth-order valence-electron chi connectivity index (χ4n) is 1.61. The molecule has 0 spiro atoms. The molecular weight excluding hydrogens is 226 g/mol. The van der Waals surface area contributed by atoms with Crippen molar-refractivity contribution >= 4 is 12.1 Å². The highest BCUT2D eigenvalue weighted by Crippen LogP contribution is 2.16. The lowest BCUT2D eigenvalue weighted by atomic mass is 9.96. The molecule has 0 aromatic carbocycles. The van der Waals surface area contributed by atoms with Gasteiger partial charge in [-0.1, -0.05) is 0 Å². The lowest BCUT2D eigenvalue weighted by Gasteiger charge is -2.30. The largest absolute Gasteiger partial charge is 0.481 e. The van der Waals surface area contributed by atoms with Gasteiger partial charge in [0.1, 0.15) is 11.5 Å². The van der Waals surface area contributed by atoms with Gasteiger partial charge in [0.25, 0.3) is 0 Å². The Kier molecular flexibility index (Phi) is 4.34. The van der Waals surface area contributed by atoms with Crippen LogP contribution in [0.4, 0.5) is 4.79 Å². The first-order valence-corrected chi connectivity index (χ1v) is 5.59. The highest BCUT2D eigenvalue weighted by atomic mass is 16.6. The topological polar surface area (TPSA) is 84.9 Å². The Morgan fingerprint density at radius 1 is 1.41 bits per heavy atom. The molecule has 1 aliphatic heterocycles. The summed E-state index contributed by atoms with van der Waals surface area (Å²) in [4.78, 5) is 22.5. The summed E-state index contributed by atoms with van der Waals surface area (Å²) in [6.07, 6.45) is -0.105. The van der Waals surface area contributed by atoms with Gasteiger partial charge in [-0.3, -0.25) is 4.79 Å². The molecule has 0 radical (unpaired) electrons. The van der Waals surface area contributed by atoms with Crippen LogP contribution in [0.5, 0.6) is 0 Å². The van der Waals surface area contributed by atoms with E-state index in [1.807, 2.05) is 0 Å². The lowest BCUT2D eigenvalue weighted by molar-refractivity contribution is -0.147. The maximum Gasteiger partial charge on any atom is 0.407 e. The van der Waals surface area contributed by atoms with Crippen molar-refractivity contribution in [3.05, 3.63) is 0 Å². The minimum Gasteiger partial charge on any atom is -0.481 e. The van der Waals surface area contributed by atoms with Crippen LogP contribution >= 0.6 is 0 Å². The Morgan fingerprint density at radius 3 is 2.59 bits per heavy atom. The van der Waals surface area contributed by atoms with Crippen molar-refractivity contribution in [1.29, 1.82) is 0 Å². The Hall–Kier alpha value is -1.30. The van der Waals surface area contributed by atoms with Crippen molar-refractivity contribution in [2.45, 2.75) is 38.8 Å². The Morgan fingerprint density at radius 2 is 2.06 bits per heavy atom. The van der Waals surface area contributed by atoms with E-state index in [9.17, 15) is 9.59 Å². The molecule has 6 heteroatoms. The first kappa shape index (κ1) is 13.8. The summed E-state index contributed by atoms with van der Waals surface area (Å²) in [5, 5.41) is 11.6. The van der Waals surface area contributed by atoms with E-state index < -0.39 is 29.6 Å². The highest BCUT2D eigenvalue weighted by molar-refractivity contribution is 5.74. The third-order valence-corrected chi connectivity index (χ3v) is 2.38. The number of carboxylic acid groups (broad SMARTS) is 1. The molecule has 0 saturated carbocycles. The summed E-state index contributed by atoms with van der Waals surface area (Å²) < 4.78 is 10.2. The third kappa shape index (κ3) is 4.60. The quantitative estimate of drug-likeness (QED) is 0.758. The van der Waals surface area contributed by atoms with Gasteiger partial charge in [0.15, 0.2) is 0 Å². The zero-order valence-electron chi connectivity index (χ0n) is 10.4. The standard InChI is InChI=1S/C11H19NO5/c1-11(2,3)17-10(15)12-8-4-5-16-6-7(8)9(13)14/h7-8H,4-6H2,1-3H3,(H,12,15)(H,13,14)/t7-,8+/m0/s1. The molecule has 2 atom stereocenters. The van der Waals surface area contributed by atoms with E-state index in [2.05, 4.69) is 5.32 Å². The van der Waals surface area contributed by atoms with Crippen molar-refractivity contribution in [3.8, 4) is 0 Å². The Balaban J connectivity index is 2.53. The summed E-state index contributed by atoms with van der Waals surface area (Å²) in [5.41, 5.74) is -0.589. The van der Waals surface area contributed by atoms with Crippen LogP contribution in [0.1, 0.15) is 27.2 Å². The maximum atomic E-state index is 11.5. The molecule has 1 rings (SSSR count). The number of nitrogens with one attached hydrogen (secondary N) is 1. The van der Waals surface area contributed by atoms with Gasteiger partial charge < -0.3 is 19.9 Å². The number of alkyl carbamates (subject to hydrolysis) is 1. The average Bonchev–Trinajstić information content (AvgIpc) is 2.14. The van der Waals surface area contributed by atoms with Crippen molar-refractivity contribution in [1.82, 2.24) is 5.32 Å². The van der Waals surface area contributed by atoms with Crippen molar-refractivity contribution < 1.29 is 24.2 Å². The van der Waals surface area contributed by atoms with Crippen LogP contribution in [0.25, 0.3) is 0 Å². The van der Waals surface area contributed by atoms with E-state index in [1.165, 1.54) is 0 Å². The van der Waals surface area contributed by atoms with Crippen LogP contribution in [0.15, 0.2) is 0 Å². The maximum absolute atomic E-state index is 11.5. The minimum atomic E-state index is -0.967. The smallest absolute Gasteiger partial charge is 0.407 e. The zero-order chi connectivity index (χ0) is 13.1. The van der Waals surface area contributed by atoms with Crippen molar-refractivity contribution in [3.63, 3.8) is 0 Å². The average molecular weight is 245 g/mol. The normalized spacial score (nSPS) is 25.1. The number of hydrogen-bond donors (Lipinski definition) is 2. The van der Waals surface area contributed by atoms with E-state index in [0.29, 0.717) is 13.0 Å². The molecule has 0 aliphatic carbocycles. The molecule has 0 aromatic heterocycles. The minimum absolute atomic E-state index is 0.121. The first-order valence-electron chi connectivity index (χ1n) is 5.59. The Labute approximate surface area is 100 Å². The van der Waals surface area contributed by atoms with Crippen LogP contribution in [0.3, 0.4) is 0 Å². The van der Waals surface area contributed by atoms with E-state index in [0.717, 1.165) is 0 Å². The summed E-state index contributed by atoms with van der Waals surface area (Å²) in [7, 11) is 0. The second-order valence-corrected chi connectivity index (χ2v) is 5.06. The molecule has 98 valence electrons. The molecule has 1 aliphatic rings. The number of aliphatic carboxylic acids is 1. The molecule has 1 amide bonds. The van der Waals surface area contributed by atoms with E-state index in [1.54, 1.807) is 20.8 Å². The van der Waals surface area contributed by atoms with E-state index >= 15 is 0 Å². The molecule has 1 fully saturated rings. The fourth-order valence-corrected chi connectivity index (χ4v) is 1.61. The molecular formula is C11H19NO5. The molecule has 1 heterocycles. The SMILES string of the molecule is CC(C)(C)OC(=O)N[C@@H]1CCOC[C@@H]1C(=O)O. The van der Waals surface area contributed by atoms with Gasteiger partial charge in [0.2, 0.25) is 0 Å². The number of amides is 1. The van der Waals surface area contributed by atoms with Gasteiger partial charge in [-0.15, -0.1) is 0 Å². The number of carboxylic acids is 1. The van der Waals surface area contributed by atoms with E-state index in [-0.39, 0.29) is 6.61 Å². The number of rotatable bonds is 2. The molecule has 6 nitrogen and oxygen atoms in total. The fraction of sp³-hybridized carbons (Fsp3) is 0.818. The molecule has 1 saturated heterocycles. The molecule has 17 heavy (non-hydrogen) atoms. The van der Waals surface area contributed by atoms with Gasteiger partial charge in [-0.25, -0.2) is 4.79 Å². The highest BCUT2D eigenvalue weighted by Gasteiger charge is 2.33. The van der Waals surface area contributed by atoms with Crippen LogP contribution < -0.4 is 5.32 Å². The third-order valence-electron chi connectivity index (χ3n) is 2.38. The van der Waals surface area contributed by atoms with Gasteiger partial charge in [0, 0.05) is 12.6 Å². The predicted octanol–water partition coefficient (Wildman–Crippen LogP) is 1.00. The number of ether oxygens (including phenoxy) is 2. The second-order valence-electron chi connectivity index (χ2n) is 5.06. The Bertz CT molecular complexity index is 297. The molecule has 2 N–H and O–H groups in total. The number of carbonyl (C=O) groups excluding carboxylic acids is 1. The first-order chi connectivity index (χ1) is 7.79.